The molecule has 0 saturated carbocycles. The molecule has 3 rings (SSSR count). The molecule has 0 fully saturated rings. The molecule has 1 aliphatic rings. The Morgan fingerprint density at radius 1 is 1.17 bits per heavy atom. The number of thioether (sulfide) groups is 1. The summed E-state index contributed by atoms with van der Waals surface area (Å²) in [7, 11) is 1.86. The van der Waals surface area contributed by atoms with Gasteiger partial charge in [-0.3, -0.25) is 0 Å². The Labute approximate surface area is 109 Å². The lowest BCUT2D eigenvalue weighted by Crippen LogP contribution is -2.03. The predicted molar refractivity (Wildman–Crippen MR) is 72.0 cm³/mol. The Kier molecular flexibility index (Phi) is 2.91. The van der Waals surface area contributed by atoms with E-state index >= 15 is 0 Å². The van der Waals surface area contributed by atoms with Crippen LogP contribution in [0.5, 0.6) is 0 Å². The maximum Gasteiger partial charge on any atom is 0.161 e. The highest BCUT2D eigenvalue weighted by Crippen LogP contribution is 2.34. The Morgan fingerprint density at radius 2 is 1.94 bits per heavy atom. The summed E-state index contributed by atoms with van der Waals surface area (Å²) in [6.07, 6.45) is 0. The normalized spacial score (nSPS) is 13.4. The Balaban J connectivity index is 2.10. The quantitative estimate of drug-likeness (QED) is 0.901. The number of hydrogen-bond donors (Lipinski definition) is 1. The van der Waals surface area contributed by atoms with Crippen molar-refractivity contribution in [1.82, 2.24) is 9.97 Å². The molecule has 0 aliphatic carbocycles. The molecule has 2 heterocycles. The summed E-state index contributed by atoms with van der Waals surface area (Å²) in [5, 5.41) is 3.11. The van der Waals surface area contributed by atoms with E-state index in [0.717, 1.165) is 28.6 Å². The van der Waals surface area contributed by atoms with E-state index in [1.165, 1.54) is 17.7 Å². The van der Waals surface area contributed by atoms with Crippen molar-refractivity contribution >= 4 is 17.6 Å². The second-order valence-electron chi connectivity index (χ2n) is 4.07. The number of aromatic nitrogens is 2. The lowest BCUT2D eigenvalue weighted by Gasteiger charge is -2.09. The number of nitrogens with one attached hydrogen (secondary N) is 1. The van der Waals surface area contributed by atoms with Gasteiger partial charge in [-0.25, -0.2) is 14.4 Å². The fraction of sp³-hybridized carbons (Fsp3) is 0.231. The molecule has 2 aromatic rings. The Bertz CT molecular complexity index is 584. The van der Waals surface area contributed by atoms with Gasteiger partial charge in [-0.15, -0.1) is 0 Å². The van der Waals surface area contributed by atoms with Gasteiger partial charge in [0.2, 0.25) is 0 Å². The van der Waals surface area contributed by atoms with Crippen LogP contribution in [0.4, 0.5) is 10.2 Å². The second kappa shape index (κ2) is 4.57. The summed E-state index contributed by atoms with van der Waals surface area (Å²) in [6, 6.07) is 6.27. The molecule has 1 N–H and O–H groups in total. The van der Waals surface area contributed by atoms with Crippen LogP contribution in [0, 0.1) is 5.82 Å². The van der Waals surface area contributed by atoms with Crippen molar-refractivity contribution in [2.75, 3.05) is 12.4 Å². The van der Waals surface area contributed by atoms with Gasteiger partial charge in [0.1, 0.15) is 11.6 Å². The smallest absolute Gasteiger partial charge is 0.161 e. The SMILES string of the molecule is CNc1nc(-c2ccc(F)cc2)nc2c1CSC2. The van der Waals surface area contributed by atoms with Crippen LogP contribution in [0.2, 0.25) is 0 Å². The van der Waals surface area contributed by atoms with E-state index in [1.807, 2.05) is 18.8 Å². The Hall–Kier alpha value is -1.62. The monoisotopic (exact) mass is 261 g/mol. The van der Waals surface area contributed by atoms with E-state index in [4.69, 9.17) is 0 Å². The van der Waals surface area contributed by atoms with Gasteiger partial charge in [-0.05, 0) is 24.3 Å². The molecule has 0 unspecified atom stereocenters. The highest BCUT2D eigenvalue weighted by atomic mass is 32.2. The van der Waals surface area contributed by atoms with Gasteiger partial charge in [-0.2, -0.15) is 11.8 Å². The average Bonchev–Trinajstić information content (AvgIpc) is 2.86. The molecule has 0 spiro atoms. The first kappa shape index (κ1) is 11.5. The summed E-state index contributed by atoms with van der Waals surface area (Å²) in [5.74, 6) is 3.16. The zero-order chi connectivity index (χ0) is 12.5. The highest BCUT2D eigenvalue weighted by molar-refractivity contribution is 7.98. The molecule has 0 atom stereocenters. The molecule has 1 aromatic heterocycles. The van der Waals surface area contributed by atoms with Gasteiger partial charge < -0.3 is 5.32 Å². The van der Waals surface area contributed by atoms with Crippen molar-refractivity contribution < 1.29 is 4.39 Å². The number of fused-ring (bicyclic) bond motifs is 1. The first-order chi connectivity index (χ1) is 8.78. The van der Waals surface area contributed by atoms with Crippen LogP contribution in [0.25, 0.3) is 11.4 Å². The van der Waals surface area contributed by atoms with Gasteiger partial charge in [0.15, 0.2) is 5.82 Å². The molecule has 92 valence electrons. The lowest BCUT2D eigenvalue weighted by molar-refractivity contribution is 0.628. The minimum atomic E-state index is -0.246. The van der Waals surface area contributed by atoms with Gasteiger partial charge in [-0.1, -0.05) is 0 Å². The van der Waals surface area contributed by atoms with Crippen LogP contribution in [0.15, 0.2) is 24.3 Å². The predicted octanol–water partition coefficient (Wildman–Crippen LogP) is 3.07. The van der Waals surface area contributed by atoms with Crippen LogP contribution in [-0.4, -0.2) is 17.0 Å². The molecule has 0 bridgehead atoms. The standard InChI is InChI=1S/C13H12FN3S/c1-15-13-10-6-18-7-11(10)16-12(17-13)8-2-4-9(14)5-3-8/h2-5H,6-7H2,1H3,(H,15,16,17). The first-order valence-electron chi connectivity index (χ1n) is 5.69. The van der Waals surface area contributed by atoms with E-state index in [-0.39, 0.29) is 5.82 Å². The van der Waals surface area contributed by atoms with Crippen molar-refractivity contribution in [3.63, 3.8) is 0 Å². The van der Waals surface area contributed by atoms with Gasteiger partial charge in [0.25, 0.3) is 0 Å². The number of halogens is 1. The maximum atomic E-state index is 12.9. The fourth-order valence-corrected chi connectivity index (χ4v) is 3.03. The molecule has 0 amide bonds. The number of hydrogen-bond acceptors (Lipinski definition) is 4. The zero-order valence-corrected chi connectivity index (χ0v) is 10.7. The Morgan fingerprint density at radius 3 is 2.67 bits per heavy atom. The van der Waals surface area contributed by atoms with E-state index in [0.29, 0.717) is 5.82 Å². The molecule has 1 aromatic carbocycles. The third-order valence-corrected chi connectivity index (χ3v) is 3.89. The average molecular weight is 261 g/mol. The molecule has 0 radical (unpaired) electrons. The van der Waals surface area contributed by atoms with E-state index in [1.54, 1.807) is 12.1 Å². The van der Waals surface area contributed by atoms with Crippen LogP contribution in [-0.2, 0) is 11.5 Å². The minimum absolute atomic E-state index is 0.246. The largest absolute Gasteiger partial charge is 0.373 e. The van der Waals surface area contributed by atoms with Crippen molar-refractivity contribution in [2.45, 2.75) is 11.5 Å². The van der Waals surface area contributed by atoms with Gasteiger partial charge in [0.05, 0.1) is 5.69 Å². The summed E-state index contributed by atoms with van der Waals surface area (Å²) in [6.45, 7) is 0. The fourth-order valence-electron chi connectivity index (χ4n) is 1.99. The highest BCUT2D eigenvalue weighted by Gasteiger charge is 2.19. The summed E-state index contributed by atoms with van der Waals surface area (Å²) < 4.78 is 12.9. The van der Waals surface area contributed by atoms with Crippen molar-refractivity contribution in [2.24, 2.45) is 0 Å². The zero-order valence-electron chi connectivity index (χ0n) is 9.90. The number of anilines is 1. The van der Waals surface area contributed by atoms with Crippen LogP contribution >= 0.6 is 11.8 Å². The van der Waals surface area contributed by atoms with Crippen molar-refractivity contribution in [3.05, 3.63) is 41.3 Å². The molecule has 5 heteroatoms. The van der Waals surface area contributed by atoms with Crippen molar-refractivity contribution in [1.29, 1.82) is 0 Å². The summed E-state index contributed by atoms with van der Waals surface area (Å²) >= 11 is 1.84. The molecular formula is C13H12FN3S. The van der Waals surface area contributed by atoms with E-state index < -0.39 is 0 Å². The van der Waals surface area contributed by atoms with Gasteiger partial charge in [0, 0.05) is 29.7 Å². The van der Waals surface area contributed by atoms with Crippen LogP contribution in [0.1, 0.15) is 11.3 Å². The van der Waals surface area contributed by atoms with E-state index in [2.05, 4.69) is 15.3 Å². The van der Waals surface area contributed by atoms with Crippen LogP contribution in [0.3, 0.4) is 0 Å². The molecule has 3 nitrogen and oxygen atoms in total. The maximum absolute atomic E-state index is 12.9. The summed E-state index contributed by atoms with van der Waals surface area (Å²) in [4.78, 5) is 9.07. The number of rotatable bonds is 2. The lowest BCUT2D eigenvalue weighted by atomic mass is 10.2. The van der Waals surface area contributed by atoms with Gasteiger partial charge >= 0.3 is 0 Å². The third-order valence-electron chi connectivity index (χ3n) is 2.92. The second-order valence-corrected chi connectivity index (χ2v) is 5.06. The first-order valence-corrected chi connectivity index (χ1v) is 6.84. The number of nitrogens with zero attached hydrogens (tertiary/aromatic N) is 2. The summed E-state index contributed by atoms with van der Waals surface area (Å²) in [5.41, 5.74) is 3.11. The minimum Gasteiger partial charge on any atom is -0.373 e. The topological polar surface area (TPSA) is 37.8 Å². The molecule has 18 heavy (non-hydrogen) atoms. The molecule has 0 saturated heterocycles. The molecule has 1 aliphatic heterocycles. The number of benzene rings is 1. The van der Waals surface area contributed by atoms with Crippen LogP contribution < -0.4 is 5.32 Å². The molecular weight excluding hydrogens is 249 g/mol. The van der Waals surface area contributed by atoms with E-state index in [9.17, 15) is 4.39 Å². The van der Waals surface area contributed by atoms with Crippen molar-refractivity contribution in [3.8, 4) is 11.4 Å². The third kappa shape index (κ3) is 1.95.